The van der Waals surface area contributed by atoms with Crippen molar-refractivity contribution >= 4 is 0 Å². The summed E-state index contributed by atoms with van der Waals surface area (Å²) in [5.74, 6) is 4.83. The molecule has 6 heteroatoms. The Balaban J connectivity index is 3.93. The van der Waals surface area contributed by atoms with Crippen molar-refractivity contribution in [3.05, 3.63) is 44.3 Å². The largest absolute Gasteiger partial charge is 0.383 e. The summed E-state index contributed by atoms with van der Waals surface area (Å²) in [6.07, 6.45) is 1.10. The third-order valence-electron chi connectivity index (χ3n) is 1.15. The molecule has 1 aromatic rings. The Morgan fingerprint density at radius 3 is 2.42 bits per heavy atom. The fourth-order valence-electron chi connectivity index (χ4n) is 0.693. The van der Waals surface area contributed by atoms with Gasteiger partial charge in [0, 0.05) is 6.20 Å². The van der Waals surface area contributed by atoms with Crippen molar-refractivity contribution in [3.63, 3.8) is 0 Å². The van der Waals surface area contributed by atoms with E-state index in [0.29, 0.717) is 0 Å². The van der Waals surface area contributed by atoms with Crippen molar-refractivity contribution < 1.29 is 4.42 Å². The fourth-order valence-corrected chi connectivity index (χ4v) is 0.693. The van der Waals surface area contributed by atoms with E-state index in [2.05, 4.69) is 21.1 Å². The summed E-state index contributed by atoms with van der Waals surface area (Å²) in [5.41, 5.74) is -1.74. The van der Waals surface area contributed by atoms with Gasteiger partial charge in [-0.25, -0.2) is 14.6 Å². The van der Waals surface area contributed by atoms with E-state index >= 15 is 0 Å². The van der Waals surface area contributed by atoms with Gasteiger partial charge in [0.2, 0.25) is 5.36 Å². The summed E-state index contributed by atoms with van der Waals surface area (Å²) in [4.78, 5) is 25.0. The van der Waals surface area contributed by atoms with E-state index in [0.717, 1.165) is 6.20 Å². The third kappa shape index (κ3) is 1.09. The maximum atomic E-state index is 10.8. The number of furan rings is 1. The molecule has 6 nitrogen and oxygen atoms in total. The average molecular weight is 167 g/mol. The van der Waals surface area contributed by atoms with Crippen LogP contribution in [0.3, 0.4) is 0 Å². The van der Waals surface area contributed by atoms with Crippen LogP contribution in [-0.2, 0) is 0 Å². The molecule has 0 saturated carbocycles. The van der Waals surface area contributed by atoms with Gasteiger partial charge in [-0.2, -0.15) is 5.10 Å². The molecule has 0 atom stereocenters. The van der Waals surface area contributed by atoms with Crippen molar-refractivity contribution in [1.82, 2.24) is 0 Å². The lowest BCUT2D eigenvalue weighted by molar-refractivity contribution is 0.487. The average Bonchev–Trinajstić information content (AvgIpc) is 2.28. The van der Waals surface area contributed by atoms with Gasteiger partial charge in [-0.3, -0.25) is 0 Å². The Kier molecular flexibility index (Phi) is 2.00. The van der Waals surface area contributed by atoms with Crippen LogP contribution in [0.25, 0.3) is 0 Å². The van der Waals surface area contributed by atoms with Gasteiger partial charge < -0.3 is 10.3 Å². The molecule has 0 aliphatic rings. The predicted molar refractivity (Wildman–Crippen MR) is 39.1 cm³/mol. The summed E-state index contributed by atoms with van der Waals surface area (Å²) in [7, 11) is 0. The maximum absolute atomic E-state index is 10.8. The molecule has 0 saturated heterocycles. The van der Waals surface area contributed by atoms with E-state index in [9.17, 15) is 9.59 Å². The monoisotopic (exact) mass is 167 g/mol. The molecule has 0 radical (unpaired) electrons. The molecule has 2 N–H and O–H groups in total. The Labute approximate surface area is 65.7 Å². The second kappa shape index (κ2) is 2.95. The molecule has 1 rings (SSSR count). The van der Waals surface area contributed by atoms with E-state index < -0.39 is 11.3 Å². The van der Waals surface area contributed by atoms with Crippen LogP contribution in [0.2, 0.25) is 0 Å². The standard InChI is InChI=1S/C6H5N3O3/c1-2-8-3-4(9-7)6(11)12-5(3)10/h2H,1,7H2/b8-3?,9-4+. The molecule has 0 aromatic carbocycles. The van der Waals surface area contributed by atoms with E-state index in [4.69, 9.17) is 5.84 Å². The highest BCUT2D eigenvalue weighted by molar-refractivity contribution is 4.87. The lowest BCUT2D eigenvalue weighted by atomic mass is 10.5. The number of hydrogen-bond acceptors (Lipinski definition) is 6. The van der Waals surface area contributed by atoms with E-state index in [-0.39, 0.29) is 10.7 Å². The summed E-state index contributed by atoms with van der Waals surface area (Å²) in [6, 6.07) is 0. The summed E-state index contributed by atoms with van der Waals surface area (Å²) < 4.78 is 4.16. The smallest absolute Gasteiger partial charge is 0.369 e. The summed E-state index contributed by atoms with van der Waals surface area (Å²) in [5, 5.41) is 2.57. The molecular formula is C6H5N3O3. The molecule has 0 fully saturated rings. The van der Waals surface area contributed by atoms with E-state index in [1.54, 1.807) is 0 Å². The molecule has 0 bridgehead atoms. The zero-order chi connectivity index (χ0) is 9.14. The Bertz CT molecular complexity index is 501. The van der Waals surface area contributed by atoms with E-state index in [1.165, 1.54) is 0 Å². The molecular weight excluding hydrogens is 162 g/mol. The molecule has 12 heavy (non-hydrogen) atoms. The van der Waals surface area contributed by atoms with Crippen LogP contribution in [0.15, 0.2) is 36.9 Å². The van der Waals surface area contributed by atoms with Gasteiger partial charge in [0.15, 0.2) is 5.36 Å². The van der Waals surface area contributed by atoms with E-state index in [1.807, 2.05) is 0 Å². The summed E-state index contributed by atoms with van der Waals surface area (Å²) >= 11 is 0. The number of nitrogens with zero attached hydrogens (tertiary/aromatic N) is 2. The lowest BCUT2D eigenvalue weighted by Crippen LogP contribution is -2.38. The van der Waals surface area contributed by atoms with Crippen LogP contribution in [0.1, 0.15) is 0 Å². The molecule has 0 unspecified atom stereocenters. The predicted octanol–water partition coefficient (Wildman–Crippen LogP) is -2.31. The number of rotatable bonds is 1. The quantitative estimate of drug-likeness (QED) is 0.375. The highest BCUT2D eigenvalue weighted by Crippen LogP contribution is 1.56. The second-order valence-corrected chi connectivity index (χ2v) is 1.81. The number of hydrogen-bond donors (Lipinski definition) is 1. The zero-order valence-electron chi connectivity index (χ0n) is 5.98. The first-order chi connectivity index (χ1) is 5.70. The molecule has 0 amide bonds. The Morgan fingerprint density at radius 2 is 1.92 bits per heavy atom. The van der Waals surface area contributed by atoms with Gasteiger partial charge in [0.05, 0.1) is 0 Å². The van der Waals surface area contributed by atoms with Crippen molar-refractivity contribution in [1.29, 1.82) is 0 Å². The second-order valence-electron chi connectivity index (χ2n) is 1.81. The molecule has 62 valence electrons. The SMILES string of the molecule is C=CN=c1c(=O)oc(=O)/c1=N/N. The van der Waals surface area contributed by atoms with Gasteiger partial charge >= 0.3 is 11.3 Å². The van der Waals surface area contributed by atoms with Gasteiger partial charge in [0.25, 0.3) is 0 Å². The molecule has 1 aromatic heterocycles. The highest BCUT2D eigenvalue weighted by atomic mass is 16.4. The van der Waals surface area contributed by atoms with Gasteiger partial charge in [0.1, 0.15) is 0 Å². The Morgan fingerprint density at radius 1 is 1.33 bits per heavy atom. The van der Waals surface area contributed by atoms with Crippen LogP contribution >= 0.6 is 0 Å². The maximum Gasteiger partial charge on any atom is 0.369 e. The zero-order valence-corrected chi connectivity index (χ0v) is 5.98. The number of nitrogens with two attached hydrogens (primary N) is 1. The molecule has 0 aliphatic heterocycles. The van der Waals surface area contributed by atoms with Crippen LogP contribution in [0, 0.1) is 0 Å². The molecule has 0 aliphatic carbocycles. The molecule has 1 heterocycles. The third-order valence-corrected chi connectivity index (χ3v) is 1.15. The van der Waals surface area contributed by atoms with Crippen LogP contribution in [-0.4, -0.2) is 0 Å². The molecule has 0 spiro atoms. The topological polar surface area (TPSA) is 98.0 Å². The van der Waals surface area contributed by atoms with Crippen molar-refractivity contribution in [2.24, 2.45) is 15.9 Å². The minimum Gasteiger partial charge on any atom is -0.383 e. The van der Waals surface area contributed by atoms with Crippen molar-refractivity contribution in [3.8, 4) is 0 Å². The van der Waals surface area contributed by atoms with Crippen molar-refractivity contribution in [2.45, 2.75) is 0 Å². The van der Waals surface area contributed by atoms with Crippen LogP contribution in [0.5, 0.6) is 0 Å². The first-order valence-electron chi connectivity index (χ1n) is 2.94. The first kappa shape index (κ1) is 8.12. The van der Waals surface area contributed by atoms with Gasteiger partial charge in [-0.05, 0) is 0 Å². The van der Waals surface area contributed by atoms with Gasteiger partial charge in [-0.1, -0.05) is 6.58 Å². The van der Waals surface area contributed by atoms with Crippen LogP contribution < -0.4 is 27.8 Å². The normalized spacial score (nSPS) is 13.7. The van der Waals surface area contributed by atoms with Crippen LogP contribution in [0.4, 0.5) is 0 Å². The van der Waals surface area contributed by atoms with Crippen molar-refractivity contribution in [2.75, 3.05) is 0 Å². The fraction of sp³-hybridized carbons (Fsp3) is 0. The first-order valence-corrected chi connectivity index (χ1v) is 2.94. The highest BCUT2D eigenvalue weighted by Gasteiger charge is 2.04. The lowest BCUT2D eigenvalue weighted by Gasteiger charge is -1.68. The summed E-state index contributed by atoms with van der Waals surface area (Å²) in [6.45, 7) is 3.25. The minimum atomic E-state index is -0.886. The van der Waals surface area contributed by atoms with Gasteiger partial charge in [-0.15, -0.1) is 0 Å². The Hall–Kier alpha value is -1.98. The minimum absolute atomic E-state index is 0.211.